The summed E-state index contributed by atoms with van der Waals surface area (Å²) in [6.45, 7) is 1.64. The molecule has 1 saturated heterocycles. The highest BCUT2D eigenvalue weighted by molar-refractivity contribution is 6.04. The molecular formula is C22H21NO2. The molecule has 1 N–H and O–H groups in total. The third kappa shape index (κ3) is 3.28. The van der Waals surface area contributed by atoms with E-state index in [0.29, 0.717) is 12.1 Å². The van der Waals surface area contributed by atoms with E-state index in [1.165, 1.54) is 5.56 Å². The van der Waals surface area contributed by atoms with Crippen molar-refractivity contribution < 1.29 is 9.53 Å². The van der Waals surface area contributed by atoms with Gasteiger partial charge in [-0.2, -0.15) is 0 Å². The summed E-state index contributed by atoms with van der Waals surface area (Å²) in [7, 11) is 0. The van der Waals surface area contributed by atoms with Crippen molar-refractivity contribution in [2.75, 3.05) is 13.1 Å². The number of benzene rings is 3. The fourth-order valence-corrected chi connectivity index (χ4v) is 3.64. The molecule has 4 rings (SSSR count). The zero-order valence-electron chi connectivity index (χ0n) is 14.0. The van der Waals surface area contributed by atoms with Crippen LogP contribution in [-0.4, -0.2) is 25.2 Å². The van der Waals surface area contributed by atoms with Gasteiger partial charge in [0, 0.05) is 12.5 Å². The molecule has 25 heavy (non-hydrogen) atoms. The van der Waals surface area contributed by atoms with E-state index >= 15 is 0 Å². The molecule has 3 nitrogen and oxygen atoms in total. The molecule has 1 aliphatic heterocycles. The standard InChI is InChI=1S/C22H21NO2/c24-22(20-12-6-10-16-9-4-5-11-18(16)20)25-21-15-23-14-13-19(21)17-7-2-1-3-8-17/h1-12,19,21,23H,13-15H2/t19-,21+/m1/s1. The molecule has 3 aromatic carbocycles. The van der Waals surface area contributed by atoms with E-state index in [-0.39, 0.29) is 18.0 Å². The average Bonchev–Trinajstić information content (AvgIpc) is 2.68. The summed E-state index contributed by atoms with van der Waals surface area (Å²) in [4.78, 5) is 12.9. The number of hydrogen-bond donors (Lipinski definition) is 1. The summed E-state index contributed by atoms with van der Waals surface area (Å²) >= 11 is 0. The fourth-order valence-electron chi connectivity index (χ4n) is 3.64. The molecule has 1 aliphatic rings. The number of rotatable bonds is 3. The normalized spacial score (nSPS) is 20.3. The van der Waals surface area contributed by atoms with Crippen molar-refractivity contribution in [2.45, 2.75) is 18.4 Å². The number of carbonyl (C=O) groups is 1. The lowest BCUT2D eigenvalue weighted by atomic mass is 9.88. The Morgan fingerprint density at radius 2 is 1.68 bits per heavy atom. The molecule has 3 aromatic rings. The van der Waals surface area contributed by atoms with Crippen molar-refractivity contribution in [1.82, 2.24) is 5.32 Å². The minimum atomic E-state index is -0.244. The van der Waals surface area contributed by atoms with E-state index < -0.39 is 0 Å². The molecule has 0 amide bonds. The van der Waals surface area contributed by atoms with Crippen LogP contribution in [0.25, 0.3) is 10.8 Å². The predicted molar refractivity (Wildman–Crippen MR) is 99.8 cm³/mol. The minimum absolute atomic E-state index is 0.150. The third-order valence-electron chi connectivity index (χ3n) is 4.92. The van der Waals surface area contributed by atoms with Gasteiger partial charge in [-0.1, -0.05) is 66.7 Å². The molecule has 3 heteroatoms. The van der Waals surface area contributed by atoms with Gasteiger partial charge in [-0.15, -0.1) is 0 Å². The highest BCUT2D eigenvalue weighted by Crippen LogP contribution is 2.29. The maximum atomic E-state index is 12.9. The topological polar surface area (TPSA) is 38.3 Å². The Bertz CT molecular complexity index is 870. The van der Waals surface area contributed by atoms with Crippen LogP contribution in [0.2, 0.25) is 0 Å². The van der Waals surface area contributed by atoms with Crippen LogP contribution in [0, 0.1) is 0 Å². The number of carbonyl (C=O) groups excluding carboxylic acids is 1. The van der Waals surface area contributed by atoms with Crippen LogP contribution < -0.4 is 5.32 Å². The number of fused-ring (bicyclic) bond motifs is 1. The van der Waals surface area contributed by atoms with Gasteiger partial charge in [0.2, 0.25) is 0 Å². The Morgan fingerprint density at radius 1 is 0.920 bits per heavy atom. The summed E-state index contributed by atoms with van der Waals surface area (Å²) in [6, 6.07) is 24.0. The summed E-state index contributed by atoms with van der Waals surface area (Å²) in [5.41, 5.74) is 1.87. The quantitative estimate of drug-likeness (QED) is 0.733. The highest BCUT2D eigenvalue weighted by Gasteiger charge is 2.30. The Balaban J connectivity index is 1.60. The van der Waals surface area contributed by atoms with Crippen molar-refractivity contribution in [1.29, 1.82) is 0 Å². The van der Waals surface area contributed by atoms with Gasteiger partial charge >= 0.3 is 5.97 Å². The van der Waals surface area contributed by atoms with Gasteiger partial charge in [0.15, 0.2) is 0 Å². The monoisotopic (exact) mass is 331 g/mol. The zero-order valence-corrected chi connectivity index (χ0v) is 14.0. The van der Waals surface area contributed by atoms with Crippen LogP contribution in [0.1, 0.15) is 28.3 Å². The number of ether oxygens (including phenoxy) is 1. The van der Waals surface area contributed by atoms with Crippen molar-refractivity contribution in [3.8, 4) is 0 Å². The SMILES string of the molecule is O=C(O[C@H]1CNCC[C@@H]1c1ccccc1)c1cccc2ccccc12. The molecule has 1 heterocycles. The van der Waals surface area contributed by atoms with Crippen LogP contribution >= 0.6 is 0 Å². The first kappa shape index (κ1) is 15.9. The fraction of sp³-hybridized carbons (Fsp3) is 0.227. The molecule has 2 atom stereocenters. The van der Waals surface area contributed by atoms with Gasteiger partial charge in [0.25, 0.3) is 0 Å². The van der Waals surface area contributed by atoms with Crippen molar-refractivity contribution >= 4 is 16.7 Å². The lowest BCUT2D eigenvalue weighted by Crippen LogP contribution is -2.42. The van der Waals surface area contributed by atoms with Gasteiger partial charge in [0.1, 0.15) is 6.10 Å². The van der Waals surface area contributed by atoms with E-state index in [2.05, 4.69) is 17.4 Å². The minimum Gasteiger partial charge on any atom is -0.457 e. The highest BCUT2D eigenvalue weighted by atomic mass is 16.5. The van der Waals surface area contributed by atoms with Gasteiger partial charge in [-0.05, 0) is 35.4 Å². The Morgan fingerprint density at radius 3 is 2.56 bits per heavy atom. The van der Waals surface area contributed by atoms with E-state index in [1.54, 1.807) is 0 Å². The third-order valence-corrected chi connectivity index (χ3v) is 4.92. The second-order valence-corrected chi connectivity index (χ2v) is 6.48. The average molecular weight is 331 g/mol. The first-order chi connectivity index (χ1) is 12.3. The van der Waals surface area contributed by atoms with E-state index in [1.807, 2.05) is 60.7 Å². The lowest BCUT2D eigenvalue weighted by Gasteiger charge is -2.32. The van der Waals surface area contributed by atoms with Gasteiger partial charge in [0.05, 0.1) is 5.56 Å². The summed E-state index contributed by atoms with van der Waals surface area (Å²) in [5.74, 6) is -0.00666. The van der Waals surface area contributed by atoms with Crippen LogP contribution in [0.4, 0.5) is 0 Å². The molecular weight excluding hydrogens is 310 g/mol. The van der Waals surface area contributed by atoms with E-state index in [0.717, 1.165) is 23.7 Å². The number of nitrogens with one attached hydrogen (secondary N) is 1. The predicted octanol–water partition coefficient (Wildman–Crippen LogP) is 4.14. The van der Waals surface area contributed by atoms with Crippen LogP contribution in [-0.2, 0) is 4.74 Å². The smallest absolute Gasteiger partial charge is 0.339 e. The second-order valence-electron chi connectivity index (χ2n) is 6.48. The van der Waals surface area contributed by atoms with Crippen LogP contribution in [0.5, 0.6) is 0 Å². The Hall–Kier alpha value is -2.65. The first-order valence-corrected chi connectivity index (χ1v) is 8.77. The molecule has 0 aromatic heterocycles. The first-order valence-electron chi connectivity index (χ1n) is 8.77. The summed E-state index contributed by atoms with van der Waals surface area (Å²) in [6.07, 6.45) is 0.819. The number of piperidine rings is 1. The summed E-state index contributed by atoms with van der Waals surface area (Å²) < 4.78 is 5.95. The van der Waals surface area contributed by atoms with Gasteiger partial charge in [-0.25, -0.2) is 4.79 Å². The van der Waals surface area contributed by atoms with Gasteiger partial charge in [-0.3, -0.25) is 0 Å². The van der Waals surface area contributed by atoms with Crippen molar-refractivity contribution in [3.05, 3.63) is 83.9 Å². The molecule has 0 aliphatic carbocycles. The molecule has 126 valence electrons. The second kappa shape index (κ2) is 7.08. The zero-order chi connectivity index (χ0) is 17.1. The van der Waals surface area contributed by atoms with E-state index in [9.17, 15) is 4.79 Å². The molecule has 0 unspecified atom stereocenters. The Kier molecular flexibility index (Phi) is 4.49. The molecule has 0 saturated carbocycles. The summed E-state index contributed by atoms with van der Waals surface area (Å²) in [5, 5.41) is 5.35. The number of esters is 1. The maximum absolute atomic E-state index is 12.9. The van der Waals surface area contributed by atoms with Crippen LogP contribution in [0.3, 0.4) is 0 Å². The van der Waals surface area contributed by atoms with Crippen molar-refractivity contribution in [2.24, 2.45) is 0 Å². The maximum Gasteiger partial charge on any atom is 0.339 e. The Labute approximate surface area is 147 Å². The van der Waals surface area contributed by atoms with Crippen molar-refractivity contribution in [3.63, 3.8) is 0 Å². The van der Waals surface area contributed by atoms with Crippen LogP contribution in [0.15, 0.2) is 72.8 Å². The van der Waals surface area contributed by atoms with E-state index in [4.69, 9.17) is 4.74 Å². The van der Waals surface area contributed by atoms with Gasteiger partial charge < -0.3 is 10.1 Å². The molecule has 0 radical (unpaired) electrons. The number of hydrogen-bond acceptors (Lipinski definition) is 3. The largest absolute Gasteiger partial charge is 0.457 e. The molecule has 0 spiro atoms. The lowest BCUT2D eigenvalue weighted by molar-refractivity contribution is 0.0185. The molecule has 1 fully saturated rings. The molecule has 0 bridgehead atoms.